The molecule has 1 aromatic rings. The summed E-state index contributed by atoms with van der Waals surface area (Å²) in [5, 5.41) is 4.55. The first-order chi connectivity index (χ1) is 13.3. The smallest absolute Gasteiger partial charge is 0.321 e. The number of imide groups is 1. The normalized spacial score (nSPS) is 14.5. The molecule has 0 saturated carbocycles. The van der Waals surface area contributed by atoms with E-state index in [9.17, 15) is 23.6 Å². The molecule has 1 fully saturated rings. The third kappa shape index (κ3) is 6.33. The van der Waals surface area contributed by atoms with Gasteiger partial charge in [0.05, 0.1) is 5.92 Å². The van der Waals surface area contributed by atoms with E-state index in [4.69, 9.17) is 4.74 Å². The molecule has 28 heavy (non-hydrogen) atoms. The summed E-state index contributed by atoms with van der Waals surface area (Å²) in [7, 11) is 0. The van der Waals surface area contributed by atoms with Crippen molar-refractivity contribution in [2.45, 2.75) is 32.7 Å². The number of nitrogens with one attached hydrogen (secondary N) is 2. The number of likely N-dealkylation sites (tertiary alicyclic amines) is 1. The van der Waals surface area contributed by atoms with Gasteiger partial charge in [-0.1, -0.05) is 0 Å². The summed E-state index contributed by atoms with van der Waals surface area (Å²) in [5.74, 6) is -2.30. The van der Waals surface area contributed by atoms with Crippen LogP contribution in [0.3, 0.4) is 0 Å². The second-order valence-electron chi connectivity index (χ2n) is 6.86. The summed E-state index contributed by atoms with van der Waals surface area (Å²) in [6.07, 6.45) is 0.808. The van der Waals surface area contributed by atoms with Crippen LogP contribution in [0.15, 0.2) is 24.3 Å². The van der Waals surface area contributed by atoms with Gasteiger partial charge in [-0.15, -0.1) is 0 Å². The first-order valence-corrected chi connectivity index (χ1v) is 9.08. The number of carbonyl (C=O) groups excluding carboxylic acids is 4. The Balaban J connectivity index is 1.74. The number of halogens is 1. The van der Waals surface area contributed by atoms with Crippen molar-refractivity contribution in [3.8, 4) is 0 Å². The maximum atomic E-state index is 13.0. The van der Waals surface area contributed by atoms with Gasteiger partial charge in [0.25, 0.3) is 11.8 Å². The van der Waals surface area contributed by atoms with Gasteiger partial charge < -0.3 is 15.0 Å². The van der Waals surface area contributed by atoms with Crippen molar-refractivity contribution in [3.05, 3.63) is 35.6 Å². The Labute approximate surface area is 162 Å². The minimum atomic E-state index is -0.713. The summed E-state index contributed by atoms with van der Waals surface area (Å²) in [6, 6.07) is 4.52. The van der Waals surface area contributed by atoms with Gasteiger partial charge in [-0.2, -0.15) is 0 Å². The molecular weight excluding hydrogens is 369 g/mol. The molecule has 0 aliphatic carbocycles. The van der Waals surface area contributed by atoms with Crippen LogP contribution in [0.2, 0.25) is 0 Å². The molecule has 1 aliphatic heterocycles. The zero-order chi connectivity index (χ0) is 20.7. The SMILES string of the molecule is CC(C)NC(=O)NC(=O)COC(=O)C1CCN(C(=O)c2ccc(F)cc2)CC1. The van der Waals surface area contributed by atoms with E-state index in [-0.39, 0.29) is 11.9 Å². The van der Waals surface area contributed by atoms with E-state index >= 15 is 0 Å². The van der Waals surface area contributed by atoms with Crippen molar-refractivity contribution in [2.75, 3.05) is 19.7 Å². The second kappa shape index (κ2) is 9.82. The molecule has 0 unspecified atom stereocenters. The Bertz CT molecular complexity index is 728. The Morgan fingerprint density at radius 2 is 1.75 bits per heavy atom. The lowest BCUT2D eigenvalue weighted by molar-refractivity contribution is -0.153. The summed E-state index contributed by atoms with van der Waals surface area (Å²) in [4.78, 5) is 49.1. The molecule has 8 nitrogen and oxygen atoms in total. The van der Waals surface area contributed by atoms with E-state index in [0.717, 1.165) is 0 Å². The maximum absolute atomic E-state index is 13.0. The average Bonchev–Trinajstić information content (AvgIpc) is 2.65. The molecule has 4 amide bonds. The van der Waals surface area contributed by atoms with Crippen LogP contribution in [-0.4, -0.2) is 54.5 Å². The highest BCUT2D eigenvalue weighted by Gasteiger charge is 2.29. The zero-order valence-corrected chi connectivity index (χ0v) is 15.9. The quantitative estimate of drug-likeness (QED) is 0.737. The van der Waals surface area contributed by atoms with Crippen LogP contribution >= 0.6 is 0 Å². The highest BCUT2D eigenvalue weighted by molar-refractivity contribution is 5.96. The predicted octanol–water partition coefficient (Wildman–Crippen LogP) is 1.46. The molecule has 0 bridgehead atoms. The standard InChI is InChI=1S/C19H24FN3O5/c1-12(2)21-19(27)22-16(24)11-28-18(26)14-7-9-23(10-8-14)17(25)13-3-5-15(20)6-4-13/h3-6,12,14H,7-11H2,1-2H3,(H2,21,22,24,27). The Hall–Kier alpha value is -2.97. The zero-order valence-electron chi connectivity index (χ0n) is 15.9. The van der Waals surface area contributed by atoms with Crippen molar-refractivity contribution in [2.24, 2.45) is 5.92 Å². The molecule has 1 heterocycles. The van der Waals surface area contributed by atoms with Gasteiger partial charge in [0, 0.05) is 24.7 Å². The highest BCUT2D eigenvalue weighted by atomic mass is 19.1. The van der Waals surface area contributed by atoms with Crippen LogP contribution in [0.1, 0.15) is 37.0 Å². The molecule has 0 atom stereocenters. The number of esters is 1. The van der Waals surface area contributed by atoms with Gasteiger partial charge in [-0.05, 0) is 51.0 Å². The molecule has 2 N–H and O–H groups in total. The fraction of sp³-hybridized carbons (Fsp3) is 0.474. The van der Waals surface area contributed by atoms with Gasteiger partial charge in [0.2, 0.25) is 0 Å². The number of hydrogen-bond donors (Lipinski definition) is 2. The lowest BCUT2D eigenvalue weighted by atomic mass is 9.96. The molecule has 0 aromatic heterocycles. The highest BCUT2D eigenvalue weighted by Crippen LogP contribution is 2.20. The van der Waals surface area contributed by atoms with Crippen molar-refractivity contribution in [1.82, 2.24) is 15.5 Å². The molecular formula is C19H24FN3O5. The minimum Gasteiger partial charge on any atom is -0.455 e. The van der Waals surface area contributed by atoms with E-state index in [2.05, 4.69) is 10.6 Å². The van der Waals surface area contributed by atoms with E-state index in [0.29, 0.717) is 31.5 Å². The number of rotatable bonds is 5. The minimum absolute atomic E-state index is 0.127. The predicted molar refractivity (Wildman–Crippen MR) is 97.8 cm³/mol. The van der Waals surface area contributed by atoms with E-state index in [1.807, 2.05) is 0 Å². The van der Waals surface area contributed by atoms with Gasteiger partial charge in [0.1, 0.15) is 5.82 Å². The van der Waals surface area contributed by atoms with E-state index in [1.54, 1.807) is 18.7 Å². The summed E-state index contributed by atoms with van der Waals surface area (Å²) in [6.45, 7) is 3.67. The van der Waals surface area contributed by atoms with Gasteiger partial charge >= 0.3 is 12.0 Å². The molecule has 1 aromatic carbocycles. The maximum Gasteiger partial charge on any atom is 0.321 e. The van der Waals surface area contributed by atoms with Crippen molar-refractivity contribution in [3.63, 3.8) is 0 Å². The van der Waals surface area contributed by atoms with Gasteiger partial charge in [-0.3, -0.25) is 19.7 Å². The average molecular weight is 393 g/mol. The van der Waals surface area contributed by atoms with Crippen molar-refractivity contribution in [1.29, 1.82) is 0 Å². The molecule has 0 spiro atoms. The fourth-order valence-electron chi connectivity index (χ4n) is 2.81. The molecule has 1 saturated heterocycles. The first kappa shape index (κ1) is 21.3. The molecule has 1 aliphatic rings. The molecule has 9 heteroatoms. The number of carbonyl (C=O) groups is 4. The Morgan fingerprint density at radius 1 is 1.14 bits per heavy atom. The summed E-state index contributed by atoms with van der Waals surface area (Å²) < 4.78 is 17.9. The number of piperidine rings is 1. The van der Waals surface area contributed by atoms with Crippen molar-refractivity contribution >= 4 is 23.8 Å². The fourth-order valence-corrected chi connectivity index (χ4v) is 2.81. The van der Waals surface area contributed by atoms with E-state index < -0.39 is 36.2 Å². The number of amides is 4. The summed E-state index contributed by atoms with van der Waals surface area (Å²) >= 11 is 0. The van der Waals surface area contributed by atoms with Crippen LogP contribution in [0.5, 0.6) is 0 Å². The van der Waals surface area contributed by atoms with E-state index in [1.165, 1.54) is 24.3 Å². The second-order valence-corrected chi connectivity index (χ2v) is 6.86. The lowest BCUT2D eigenvalue weighted by Crippen LogP contribution is -2.44. The van der Waals surface area contributed by atoms with Crippen LogP contribution in [-0.2, 0) is 14.3 Å². The Kier molecular flexibility index (Phi) is 7.48. The monoisotopic (exact) mass is 393 g/mol. The van der Waals surface area contributed by atoms with Crippen LogP contribution < -0.4 is 10.6 Å². The largest absolute Gasteiger partial charge is 0.455 e. The lowest BCUT2D eigenvalue weighted by Gasteiger charge is -2.31. The number of benzene rings is 1. The number of ether oxygens (including phenoxy) is 1. The third-order valence-corrected chi connectivity index (χ3v) is 4.22. The van der Waals surface area contributed by atoms with Gasteiger partial charge in [-0.25, -0.2) is 9.18 Å². The van der Waals surface area contributed by atoms with Crippen LogP contribution in [0, 0.1) is 11.7 Å². The van der Waals surface area contributed by atoms with Gasteiger partial charge in [0.15, 0.2) is 6.61 Å². The Morgan fingerprint density at radius 3 is 2.32 bits per heavy atom. The van der Waals surface area contributed by atoms with Crippen LogP contribution in [0.4, 0.5) is 9.18 Å². The number of urea groups is 1. The number of nitrogens with zero attached hydrogens (tertiary/aromatic N) is 1. The molecule has 0 radical (unpaired) electrons. The molecule has 152 valence electrons. The number of hydrogen-bond acceptors (Lipinski definition) is 5. The topological polar surface area (TPSA) is 105 Å². The van der Waals surface area contributed by atoms with Crippen LogP contribution in [0.25, 0.3) is 0 Å². The molecule has 2 rings (SSSR count). The third-order valence-electron chi connectivity index (χ3n) is 4.22. The summed E-state index contributed by atoms with van der Waals surface area (Å²) in [5.41, 5.74) is 0.388. The first-order valence-electron chi connectivity index (χ1n) is 9.08. The van der Waals surface area contributed by atoms with Crippen molar-refractivity contribution < 1.29 is 28.3 Å².